The highest BCUT2D eigenvalue weighted by Crippen LogP contribution is 2.01. The minimum Gasteiger partial charge on any atom is -0.385 e. The molecule has 0 aromatic carbocycles. The van der Waals surface area contributed by atoms with E-state index in [4.69, 9.17) is 10.5 Å². The lowest BCUT2D eigenvalue weighted by molar-refractivity contribution is -0.127. The maximum absolute atomic E-state index is 11.7. The van der Waals surface area contributed by atoms with Gasteiger partial charge < -0.3 is 21.1 Å². The van der Waals surface area contributed by atoms with Gasteiger partial charge in [0.05, 0.1) is 0 Å². The van der Waals surface area contributed by atoms with Gasteiger partial charge >= 0.3 is 0 Å². The van der Waals surface area contributed by atoms with Crippen molar-refractivity contribution in [2.24, 2.45) is 5.73 Å². The minimum atomic E-state index is -0.679. The Labute approximate surface area is 124 Å². The number of nitrogens with one attached hydrogen (secondary N) is 2. The highest BCUT2D eigenvalue weighted by Gasteiger charge is 2.17. The van der Waals surface area contributed by atoms with Gasteiger partial charge in [0.25, 0.3) is 0 Å². The molecule has 0 bridgehead atoms. The Bertz CT molecular complexity index is 439. The Morgan fingerprint density at radius 2 is 2.24 bits per heavy atom. The van der Waals surface area contributed by atoms with Gasteiger partial charge in [-0.3, -0.25) is 9.59 Å². The van der Waals surface area contributed by atoms with Crippen molar-refractivity contribution < 1.29 is 14.3 Å². The van der Waals surface area contributed by atoms with E-state index in [0.717, 1.165) is 5.82 Å². The number of nitrogens with two attached hydrogens (primary N) is 1. The monoisotopic (exact) mass is 294 g/mol. The van der Waals surface area contributed by atoms with Crippen LogP contribution in [0.3, 0.4) is 0 Å². The number of aromatic nitrogens is 1. The van der Waals surface area contributed by atoms with Gasteiger partial charge in [-0.15, -0.1) is 0 Å². The number of ether oxygens (including phenoxy) is 1. The number of pyridine rings is 1. The van der Waals surface area contributed by atoms with Crippen LogP contribution in [0, 0.1) is 0 Å². The average molecular weight is 294 g/mol. The second-order valence-corrected chi connectivity index (χ2v) is 4.55. The van der Waals surface area contributed by atoms with Crippen LogP contribution in [-0.2, 0) is 14.3 Å². The Hall–Kier alpha value is -2.15. The zero-order valence-electron chi connectivity index (χ0n) is 12.2. The van der Waals surface area contributed by atoms with Gasteiger partial charge in [0.1, 0.15) is 11.9 Å². The first-order chi connectivity index (χ1) is 10.1. The molecule has 7 nitrogen and oxygen atoms in total. The summed E-state index contributed by atoms with van der Waals surface area (Å²) in [6.45, 7) is 0.999. The molecule has 0 aliphatic heterocycles. The molecule has 2 amide bonds. The summed E-state index contributed by atoms with van der Waals surface area (Å²) >= 11 is 0. The quantitative estimate of drug-likeness (QED) is 0.537. The Balaban J connectivity index is 2.21. The lowest BCUT2D eigenvalue weighted by Crippen LogP contribution is -2.45. The number of amides is 2. The highest BCUT2D eigenvalue weighted by molar-refractivity contribution is 5.86. The third-order valence-electron chi connectivity index (χ3n) is 2.84. The molecule has 116 valence electrons. The lowest BCUT2D eigenvalue weighted by atomic mass is 10.2. The van der Waals surface area contributed by atoms with Crippen molar-refractivity contribution in [1.82, 2.24) is 10.3 Å². The average Bonchev–Trinajstić information content (AvgIpc) is 2.48. The number of hydrogen-bond donors (Lipinski definition) is 3. The molecule has 1 heterocycles. The molecule has 0 fully saturated rings. The molecule has 4 N–H and O–H groups in total. The molecule has 1 atom stereocenters. The fourth-order valence-electron chi connectivity index (χ4n) is 1.72. The van der Waals surface area contributed by atoms with Gasteiger partial charge in [0.2, 0.25) is 11.8 Å². The summed E-state index contributed by atoms with van der Waals surface area (Å²) in [5.41, 5.74) is 5.23. The molecule has 0 aliphatic carbocycles. The molecule has 0 unspecified atom stereocenters. The molecule has 0 radical (unpaired) electrons. The first kappa shape index (κ1) is 16.9. The molecule has 0 saturated carbocycles. The van der Waals surface area contributed by atoms with Crippen molar-refractivity contribution >= 4 is 17.6 Å². The Kier molecular flexibility index (Phi) is 7.81. The zero-order chi connectivity index (χ0) is 15.5. The predicted octanol–water partition coefficient (Wildman–Crippen LogP) is 0.280. The number of primary amides is 1. The molecule has 0 saturated heterocycles. The molecular formula is C14H22N4O3. The van der Waals surface area contributed by atoms with Crippen LogP contribution in [-0.4, -0.2) is 43.1 Å². The first-order valence-corrected chi connectivity index (χ1v) is 6.86. The number of hydrogen-bond acceptors (Lipinski definition) is 5. The number of methoxy groups -OCH3 is 1. The SMILES string of the molecule is COCC[C@H](NC(=O)CCCNc1ccccn1)C(N)=O. The minimum absolute atomic E-state index is 0.197. The lowest BCUT2D eigenvalue weighted by Gasteiger charge is -2.15. The number of rotatable bonds is 10. The zero-order valence-corrected chi connectivity index (χ0v) is 12.2. The molecular weight excluding hydrogens is 272 g/mol. The van der Waals surface area contributed by atoms with E-state index < -0.39 is 11.9 Å². The van der Waals surface area contributed by atoms with Gasteiger partial charge in [-0.05, 0) is 25.0 Å². The smallest absolute Gasteiger partial charge is 0.240 e. The van der Waals surface area contributed by atoms with Crippen molar-refractivity contribution in [2.45, 2.75) is 25.3 Å². The first-order valence-electron chi connectivity index (χ1n) is 6.86. The van der Waals surface area contributed by atoms with E-state index in [2.05, 4.69) is 15.6 Å². The third-order valence-corrected chi connectivity index (χ3v) is 2.84. The van der Waals surface area contributed by atoms with Crippen LogP contribution in [0.1, 0.15) is 19.3 Å². The van der Waals surface area contributed by atoms with E-state index >= 15 is 0 Å². The molecule has 1 aromatic rings. The summed E-state index contributed by atoms with van der Waals surface area (Å²) in [6.07, 6.45) is 3.03. The standard InChI is InChI=1S/C14H22N4O3/c1-21-10-7-11(14(15)20)18-13(19)6-4-9-17-12-5-2-3-8-16-12/h2-3,5,8,11H,4,6-7,9-10H2,1H3,(H2,15,20)(H,16,17)(H,18,19)/t11-/m0/s1. The largest absolute Gasteiger partial charge is 0.385 e. The molecule has 0 aliphatic rings. The summed E-state index contributed by atoms with van der Waals surface area (Å²) in [5, 5.41) is 5.72. The van der Waals surface area contributed by atoms with E-state index in [1.807, 2.05) is 18.2 Å². The number of anilines is 1. The molecule has 21 heavy (non-hydrogen) atoms. The third kappa shape index (κ3) is 7.26. The van der Waals surface area contributed by atoms with Crippen molar-refractivity contribution in [1.29, 1.82) is 0 Å². The topological polar surface area (TPSA) is 106 Å². The van der Waals surface area contributed by atoms with E-state index in [9.17, 15) is 9.59 Å². The predicted molar refractivity (Wildman–Crippen MR) is 79.6 cm³/mol. The van der Waals surface area contributed by atoms with Crippen LogP contribution in [0.25, 0.3) is 0 Å². The van der Waals surface area contributed by atoms with E-state index in [1.54, 1.807) is 6.20 Å². The van der Waals surface area contributed by atoms with Crippen LogP contribution in [0.2, 0.25) is 0 Å². The van der Waals surface area contributed by atoms with Gasteiger partial charge in [-0.2, -0.15) is 0 Å². The van der Waals surface area contributed by atoms with E-state index in [0.29, 0.717) is 32.4 Å². The maximum Gasteiger partial charge on any atom is 0.240 e. The van der Waals surface area contributed by atoms with Gasteiger partial charge in [-0.25, -0.2) is 4.98 Å². The number of carbonyl (C=O) groups is 2. The van der Waals surface area contributed by atoms with Gasteiger partial charge in [0.15, 0.2) is 0 Å². The Morgan fingerprint density at radius 1 is 1.43 bits per heavy atom. The normalized spacial score (nSPS) is 11.7. The van der Waals surface area contributed by atoms with Crippen LogP contribution >= 0.6 is 0 Å². The maximum atomic E-state index is 11.7. The van der Waals surface area contributed by atoms with Crippen LogP contribution in [0.4, 0.5) is 5.82 Å². The van der Waals surface area contributed by atoms with Crippen LogP contribution < -0.4 is 16.4 Å². The van der Waals surface area contributed by atoms with Crippen molar-refractivity contribution in [2.75, 3.05) is 25.6 Å². The number of carbonyl (C=O) groups excluding carboxylic acids is 2. The summed E-state index contributed by atoms with van der Waals surface area (Å²) in [4.78, 5) is 27.0. The van der Waals surface area contributed by atoms with E-state index in [-0.39, 0.29) is 5.91 Å². The molecule has 7 heteroatoms. The fourth-order valence-corrected chi connectivity index (χ4v) is 1.72. The van der Waals surface area contributed by atoms with Gasteiger partial charge in [-0.1, -0.05) is 6.07 Å². The van der Waals surface area contributed by atoms with E-state index in [1.165, 1.54) is 7.11 Å². The van der Waals surface area contributed by atoms with Crippen molar-refractivity contribution in [3.05, 3.63) is 24.4 Å². The molecule has 1 aromatic heterocycles. The summed E-state index contributed by atoms with van der Waals surface area (Å²) < 4.78 is 4.88. The van der Waals surface area contributed by atoms with Gasteiger partial charge in [0, 0.05) is 32.9 Å². The second-order valence-electron chi connectivity index (χ2n) is 4.55. The van der Waals surface area contributed by atoms with Crippen LogP contribution in [0.15, 0.2) is 24.4 Å². The summed E-state index contributed by atoms with van der Waals surface area (Å²) in [5.74, 6) is 0.0257. The highest BCUT2D eigenvalue weighted by atomic mass is 16.5. The van der Waals surface area contributed by atoms with Crippen LogP contribution in [0.5, 0.6) is 0 Å². The summed E-state index contributed by atoms with van der Waals surface area (Å²) in [7, 11) is 1.53. The second kappa shape index (κ2) is 9.71. The summed E-state index contributed by atoms with van der Waals surface area (Å²) in [6, 6.07) is 4.90. The van der Waals surface area contributed by atoms with Crippen molar-refractivity contribution in [3.8, 4) is 0 Å². The Morgan fingerprint density at radius 3 is 2.86 bits per heavy atom. The number of nitrogens with zero attached hydrogens (tertiary/aromatic N) is 1. The van der Waals surface area contributed by atoms with Crippen molar-refractivity contribution in [3.63, 3.8) is 0 Å². The molecule has 1 rings (SSSR count). The molecule has 0 spiro atoms. The fraction of sp³-hybridized carbons (Fsp3) is 0.500.